The molecule has 1 aromatic carbocycles. The van der Waals surface area contributed by atoms with E-state index in [4.69, 9.17) is 14.5 Å². The summed E-state index contributed by atoms with van der Waals surface area (Å²) in [6, 6.07) is 5.81. The van der Waals surface area contributed by atoms with E-state index in [-0.39, 0.29) is 59.6 Å². The first kappa shape index (κ1) is 42.1. The third-order valence-corrected chi connectivity index (χ3v) is 13.6. The zero-order valence-corrected chi connectivity index (χ0v) is 35.3. The number of imide groups is 2. The van der Waals surface area contributed by atoms with Gasteiger partial charge in [0.2, 0.25) is 11.8 Å². The van der Waals surface area contributed by atoms with E-state index in [2.05, 4.69) is 35.9 Å². The van der Waals surface area contributed by atoms with Crippen LogP contribution in [-0.4, -0.2) is 134 Å². The average molecular weight is 884 g/mol. The predicted octanol–water partition coefficient (Wildman–Crippen LogP) is 4.21. The van der Waals surface area contributed by atoms with Crippen molar-refractivity contribution in [3.63, 3.8) is 0 Å². The lowest BCUT2D eigenvalue weighted by atomic mass is 9.85. The number of hydrogen-bond donors (Lipinski definition) is 3. The quantitative estimate of drug-likeness (QED) is 0.120. The van der Waals surface area contributed by atoms with E-state index < -0.39 is 47.7 Å². The van der Waals surface area contributed by atoms with Crippen molar-refractivity contribution in [2.24, 2.45) is 5.92 Å². The fraction of sp³-hybridized carbons (Fsp3) is 0.545. The van der Waals surface area contributed by atoms with Crippen LogP contribution in [0.15, 0.2) is 42.9 Å². The maximum atomic E-state index is 14.3. The number of likely N-dealkylation sites (tertiary alicyclic amines) is 1. The van der Waals surface area contributed by atoms with Crippen LogP contribution in [-0.2, 0) is 19.1 Å². The Hall–Kier alpha value is -5.86. The Balaban J connectivity index is 0.656. The molecule has 1 aliphatic carbocycles. The van der Waals surface area contributed by atoms with Crippen molar-refractivity contribution in [3.05, 3.63) is 65.2 Å². The van der Waals surface area contributed by atoms with Crippen LogP contribution >= 0.6 is 0 Å². The molecule has 6 fully saturated rings. The number of carbonyl (C=O) groups is 5. The minimum absolute atomic E-state index is 0.0131. The number of halogens is 2. The Bertz CT molecular complexity index is 2450. The number of amides is 5. The molecule has 7 aliphatic rings. The summed E-state index contributed by atoms with van der Waals surface area (Å²) in [5.41, 5.74) is 1.07. The number of fused-ring (bicyclic) bond motifs is 4. The molecule has 20 heteroatoms. The largest absolute Gasteiger partial charge is 0.384 e. The van der Waals surface area contributed by atoms with Crippen LogP contribution < -0.4 is 20.9 Å². The van der Waals surface area contributed by atoms with Gasteiger partial charge in [0, 0.05) is 76.8 Å². The number of morpholine rings is 1. The molecule has 64 heavy (non-hydrogen) atoms. The van der Waals surface area contributed by atoms with Crippen molar-refractivity contribution in [2.45, 2.75) is 101 Å². The number of benzene rings is 1. The lowest BCUT2D eigenvalue weighted by Gasteiger charge is -2.47. The highest BCUT2D eigenvalue weighted by Crippen LogP contribution is 2.37. The highest BCUT2D eigenvalue weighted by atomic mass is 19.3. The second kappa shape index (κ2) is 17.6. The van der Waals surface area contributed by atoms with Crippen LogP contribution in [0.25, 0.3) is 5.65 Å². The average Bonchev–Trinajstić information content (AvgIpc) is 3.98. The van der Waals surface area contributed by atoms with Gasteiger partial charge in [-0.1, -0.05) is 6.07 Å². The number of aromatic nitrogens is 5. The second-order valence-electron chi connectivity index (χ2n) is 17.8. The summed E-state index contributed by atoms with van der Waals surface area (Å²) in [5, 5.41) is 16.7. The number of rotatable bonds is 14. The topological polar surface area (TPSA) is 198 Å². The highest BCUT2D eigenvalue weighted by Gasteiger charge is 2.46. The summed E-state index contributed by atoms with van der Waals surface area (Å²) in [4.78, 5) is 74.4. The smallest absolute Gasteiger partial charge is 0.284 e. The van der Waals surface area contributed by atoms with Crippen molar-refractivity contribution in [2.75, 3.05) is 61.4 Å². The number of anilines is 3. The zero-order chi connectivity index (χ0) is 44.1. The third kappa shape index (κ3) is 8.33. The van der Waals surface area contributed by atoms with Crippen molar-refractivity contribution >= 4 is 52.4 Å². The molecule has 1 saturated carbocycles. The van der Waals surface area contributed by atoms with Crippen LogP contribution in [0.2, 0.25) is 0 Å². The first-order valence-electron chi connectivity index (χ1n) is 22.4. The molecule has 11 rings (SSSR count). The zero-order valence-electron chi connectivity index (χ0n) is 35.3. The van der Waals surface area contributed by atoms with Gasteiger partial charge in [-0.15, -0.1) is 0 Å². The summed E-state index contributed by atoms with van der Waals surface area (Å²) >= 11 is 0. The van der Waals surface area contributed by atoms with Crippen molar-refractivity contribution < 1.29 is 42.2 Å². The van der Waals surface area contributed by atoms with E-state index in [9.17, 15) is 32.8 Å². The van der Waals surface area contributed by atoms with Gasteiger partial charge in [0.15, 0.2) is 11.3 Å². The Kier molecular flexibility index (Phi) is 11.6. The van der Waals surface area contributed by atoms with E-state index in [1.807, 2.05) is 6.07 Å². The van der Waals surface area contributed by atoms with Crippen LogP contribution in [0.5, 0.6) is 0 Å². The summed E-state index contributed by atoms with van der Waals surface area (Å²) in [6.07, 6.45) is 9.55. The second-order valence-corrected chi connectivity index (χ2v) is 17.8. The molecule has 5 saturated heterocycles. The molecule has 0 spiro atoms. The van der Waals surface area contributed by atoms with Crippen molar-refractivity contribution in [1.82, 2.24) is 39.5 Å². The molecule has 3 N–H and O–H groups in total. The van der Waals surface area contributed by atoms with Crippen LogP contribution in [0.4, 0.5) is 26.0 Å². The van der Waals surface area contributed by atoms with E-state index in [0.29, 0.717) is 42.6 Å². The van der Waals surface area contributed by atoms with E-state index >= 15 is 0 Å². The van der Waals surface area contributed by atoms with Gasteiger partial charge in [0.05, 0.1) is 47.4 Å². The van der Waals surface area contributed by atoms with Gasteiger partial charge >= 0.3 is 0 Å². The summed E-state index contributed by atoms with van der Waals surface area (Å²) in [5.74, 6) is -1.51. The lowest BCUT2D eigenvalue weighted by Crippen LogP contribution is -2.57. The minimum atomic E-state index is -2.87. The molecule has 5 amide bonds. The van der Waals surface area contributed by atoms with Gasteiger partial charge in [-0.25, -0.2) is 18.3 Å². The first-order chi connectivity index (χ1) is 31.1. The molecule has 6 aliphatic heterocycles. The fourth-order valence-corrected chi connectivity index (χ4v) is 10.2. The minimum Gasteiger partial charge on any atom is -0.384 e. The molecular weight excluding hydrogens is 833 g/mol. The number of hydrogen-bond acceptors (Lipinski definition) is 13. The molecule has 18 nitrogen and oxygen atoms in total. The van der Waals surface area contributed by atoms with Gasteiger partial charge in [0.1, 0.15) is 17.4 Å². The number of nitrogens with one attached hydrogen (secondary N) is 3. The van der Waals surface area contributed by atoms with E-state index in [0.717, 1.165) is 82.6 Å². The third-order valence-electron chi connectivity index (χ3n) is 13.6. The molecule has 2 bridgehead atoms. The number of alkyl halides is 2. The lowest BCUT2D eigenvalue weighted by molar-refractivity contribution is -0.136. The molecule has 338 valence electrons. The molecule has 3 unspecified atom stereocenters. The first-order valence-corrected chi connectivity index (χ1v) is 22.4. The van der Waals surface area contributed by atoms with Gasteiger partial charge in [-0.3, -0.25) is 38.9 Å². The van der Waals surface area contributed by atoms with Crippen LogP contribution in [0, 0.1) is 5.92 Å². The van der Waals surface area contributed by atoms with E-state index in [1.54, 1.807) is 29.1 Å². The Morgan fingerprint density at radius 3 is 2.50 bits per heavy atom. The van der Waals surface area contributed by atoms with Gasteiger partial charge in [-0.05, 0) is 75.5 Å². The maximum Gasteiger partial charge on any atom is 0.284 e. The van der Waals surface area contributed by atoms with Gasteiger partial charge in [0.25, 0.3) is 24.1 Å². The Morgan fingerprint density at radius 2 is 1.75 bits per heavy atom. The van der Waals surface area contributed by atoms with Crippen molar-refractivity contribution in [3.8, 4) is 0 Å². The maximum absolute atomic E-state index is 14.3. The van der Waals surface area contributed by atoms with Crippen LogP contribution in [0.3, 0.4) is 0 Å². The monoisotopic (exact) mass is 883 g/mol. The number of ether oxygens (including phenoxy) is 2. The number of carbonyl (C=O) groups excluding carboxylic acids is 5. The summed E-state index contributed by atoms with van der Waals surface area (Å²) in [6.45, 7) is 5.33. The Morgan fingerprint density at radius 1 is 0.969 bits per heavy atom. The molecule has 3 atom stereocenters. The van der Waals surface area contributed by atoms with Gasteiger partial charge < -0.3 is 29.9 Å². The Labute approximate surface area is 367 Å². The molecule has 3 aromatic heterocycles. The number of piperidine rings is 3. The van der Waals surface area contributed by atoms with Gasteiger partial charge in [-0.2, -0.15) is 10.2 Å². The molecule has 4 aromatic rings. The standard InChI is InChI=1S/C44H51F2N11O7/c45-39(46)38-33(49-41(59)31-20-48-55-17-13-35(50-40(31)55)54-22-28-19-29(23-54)64-28)24-56(52-38)26-7-5-25(6-8-26)21-53-15-11-27(12-16-53)63-18-2-14-47-32-4-1-3-30-37(32)44(62)57(43(30)61)34-9-10-36(58)51-42(34)60/h1,3-4,13,17,20,24-29,34,39,47H,2,5-12,14-16,18-19,21-23H2,(H,49,59)(H,51,58,60). The van der Waals surface area contributed by atoms with Crippen molar-refractivity contribution in [1.29, 1.82) is 0 Å². The normalized spacial score (nSPS) is 25.2. The SMILES string of the molecule is O=C1CCC(N2C(=O)c3cccc(NCCCOC4CCN(CC5CCC(n6cc(NC(=O)c7cnn8ccc(N9CC%10CC(C9)O%10)nc78)c(C(F)F)n6)CC5)CC4)c3C2=O)C(=O)N1. The molecule has 9 heterocycles. The fourth-order valence-electron chi connectivity index (χ4n) is 10.2. The summed E-state index contributed by atoms with van der Waals surface area (Å²) in [7, 11) is 0. The highest BCUT2D eigenvalue weighted by molar-refractivity contribution is 6.25. The molecular formula is C44H51F2N11O7. The van der Waals surface area contributed by atoms with E-state index in [1.165, 1.54) is 16.9 Å². The summed E-state index contributed by atoms with van der Waals surface area (Å²) < 4.78 is 43.6. The van der Waals surface area contributed by atoms with Crippen LogP contribution in [0.1, 0.15) is 113 Å². The predicted molar refractivity (Wildman–Crippen MR) is 226 cm³/mol. The molecule has 0 radical (unpaired) electrons. The number of nitrogens with zero attached hydrogens (tertiary/aromatic N) is 8.